The molecule has 0 spiro atoms. The molecule has 6 heteroatoms. The molecule has 2 aromatic rings. The molecule has 1 N–H and O–H groups in total. The number of methoxy groups -OCH3 is 2. The third kappa shape index (κ3) is 4.79. The topological polar surface area (TPSA) is 48.1 Å². The van der Waals surface area contributed by atoms with Crippen LogP contribution < -0.4 is 14.4 Å². The van der Waals surface area contributed by atoms with Gasteiger partial charge in [0.1, 0.15) is 6.54 Å². The monoisotopic (exact) mass is 424 g/mol. The maximum Gasteiger partial charge on any atom is 0.246 e. The summed E-state index contributed by atoms with van der Waals surface area (Å²) in [7, 11) is 3.31. The Morgan fingerprint density at radius 1 is 1.10 bits per heavy atom. The fourth-order valence-corrected chi connectivity index (χ4v) is 4.63. The summed E-state index contributed by atoms with van der Waals surface area (Å²) in [6, 6.07) is 8.96. The van der Waals surface area contributed by atoms with Gasteiger partial charge in [-0.3, -0.25) is 4.79 Å². The van der Waals surface area contributed by atoms with E-state index in [1.165, 1.54) is 34.7 Å². The zero-order valence-corrected chi connectivity index (χ0v) is 19.1. The van der Waals surface area contributed by atoms with E-state index in [0.717, 1.165) is 49.8 Å². The van der Waals surface area contributed by atoms with E-state index in [1.807, 2.05) is 23.1 Å². The molecule has 1 saturated heterocycles. The van der Waals surface area contributed by atoms with Crippen molar-refractivity contribution < 1.29 is 19.2 Å². The number of rotatable bonds is 7. The fraction of sp³-hybridized carbons (Fsp3) is 0.480. The number of carbonyl (C=O) groups excluding carboxylic acids is 1. The lowest BCUT2D eigenvalue weighted by Gasteiger charge is -2.31. The summed E-state index contributed by atoms with van der Waals surface area (Å²) in [4.78, 5) is 16.2. The van der Waals surface area contributed by atoms with Crippen LogP contribution in [0.25, 0.3) is 6.08 Å². The number of ether oxygens (including phenoxy) is 2. The van der Waals surface area contributed by atoms with E-state index >= 15 is 0 Å². The minimum absolute atomic E-state index is 0.112. The minimum Gasteiger partial charge on any atom is -0.493 e. The highest BCUT2D eigenvalue weighted by atomic mass is 16.5. The van der Waals surface area contributed by atoms with Crippen molar-refractivity contribution >= 4 is 12.0 Å². The summed E-state index contributed by atoms with van der Waals surface area (Å²) < 4.78 is 13.2. The van der Waals surface area contributed by atoms with E-state index in [-0.39, 0.29) is 5.91 Å². The summed E-state index contributed by atoms with van der Waals surface area (Å²) in [5, 5.41) is 0. The first-order valence-corrected chi connectivity index (χ1v) is 11.2. The number of quaternary nitrogens is 1. The van der Waals surface area contributed by atoms with Crippen LogP contribution in [-0.4, -0.2) is 55.8 Å². The second-order valence-corrected chi connectivity index (χ2v) is 8.70. The summed E-state index contributed by atoms with van der Waals surface area (Å²) >= 11 is 0. The lowest BCUT2D eigenvalue weighted by molar-refractivity contribution is -0.917. The Hall–Kier alpha value is -2.73. The quantitative estimate of drug-likeness (QED) is 0.695. The summed E-state index contributed by atoms with van der Waals surface area (Å²) in [5.41, 5.74) is 4.95. The van der Waals surface area contributed by atoms with Crippen molar-refractivity contribution in [3.05, 3.63) is 52.9 Å². The molecular formula is C25H34N3O3+. The molecule has 4 rings (SSSR count). The van der Waals surface area contributed by atoms with Gasteiger partial charge in [-0.15, -0.1) is 0 Å². The number of amides is 1. The van der Waals surface area contributed by atoms with Gasteiger partial charge >= 0.3 is 0 Å². The molecule has 1 aliphatic heterocycles. The molecule has 1 aromatic carbocycles. The van der Waals surface area contributed by atoms with Crippen LogP contribution >= 0.6 is 0 Å². The van der Waals surface area contributed by atoms with Crippen molar-refractivity contribution in [2.75, 3.05) is 40.4 Å². The zero-order valence-electron chi connectivity index (χ0n) is 19.1. The van der Waals surface area contributed by atoms with Gasteiger partial charge in [-0.05, 0) is 62.6 Å². The predicted octanol–water partition coefficient (Wildman–Crippen LogP) is 2.40. The van der Waals surface area contributed by atoms with Gasteiger partial charge in [-0.1, -0.05) is 0 Å². The molecule has 2 fully saturated rings. The van der Waals surface area contributed by atoms with Gasteiger partial charge in [-0.2, -0.15) is 0 Å². The number of hydrogen-bond donors (Lipinski definition) is 1. The van der Waals surface area contributed by atoms with Crippen molar-refractivity contribution in [2.45, 2.75) is 39.3 Å². The third-order valence-corrected chi connectivity index (χ3v) is 6.53. The number of aromatic nitrogens is 1. The number of hydrogen-bond acceptors (Lipinski definition) is 3. The first kappa shape index (κ1) is 21.5. The normalized spacial score (nSPS) is 17.4. The van der Waals surface area contributed by atoms with Gasteiger partial charge in [0.15, 0.2) is 11.5 Å². The molecule has 2 heterocycles. The number of aryl methyl sites for hydroxylation is 1. The fourth-order valence-electron chi connectivity index (χ4n) is 4.63. The van der Waals surface area contributed by atoms with Crippen molar-refractivity contribution in [3.63, 3.8) is 0 Å². The molecule has 6 nitrogen and oxygen atoms in total. The van der Waals surface area contributed by atoms with Crippen molar-refractivity contribution in [1.29, 1.82) is 0 Å². The predicted molar refractivity (Wildman–Crippen MR) is 122 cm³/mol. The Kier molecular flexibility index (Phi) is 6.37. The van der Waals surface area contributed by atoms with Gasteiger partial charge in [0.05, 0.1) is 40.4 Å². The lowest BCUT2D eigenvalue weighted by atomic mass is 10.1. The van der Waals surface area contributed by atoms with Crippen LogP contribution in [0.15, 0.2) is 30.3 Å². The smallest absolute Gasteiger partial charge is 0.246 e. The van der Waals surface area contributed by atoms with Crippen LogP contribution in [0.2, 0.25) is 0 Å². The van der Waals surface area contributed by atoms with Gasteiger partial charge in [0, 0.05) is 29.1 Å². The number of carbonyl (C=O) groups is 1. The molecule has 166 valence electrons. The second-order valence-electron chi connectivity index (χ2n) is 8.70. The van der Waals surface area contributed by atoms with E-state index in [0.29, 0.717) is 6.04 Å². The van der Waals surface area contributed by atoms with Crippen LogP contribution in [0.3, 0.4) is 0 Å². The van der Waals surface area contributed by atoms with E-state index in [4.69, 9.17) is 9.47 Å². The van der Waals surface area contributed by atoms with E-state index in [2.05, 4.69) is 30.5 Å². The van der Waals surface area contributed by atoms with Crippen molar-refractivity contribution in [3.8, 4) is 11.5 Å². The highest BCUT2D eigenvalue weighted by molar-refractivity contribution is 5.92. The maximum atomic E-state index is 12.7. The molecule has 0 atom stereocenters. The third-order valence-electron chi connectivity index (χ3n) is 6.53. The van der Waals surface area contributed by atoms with Crippen molar-refractivity contribution in [2.24, 2.45) is 0 Å². The number of nitrogens with one attached hydrogen (secondary N) is 1. The molecule has 31 heavy (non-hydrogen) atoms. The molecule has 1 amide bonds. The zero-order chi connectivity index (χ0) is 22.0. The maximum absolute atomic E-state index is 12.7. The number of piperazine rings is 1. The summed E-state index contributed by atoms with van der Waals surface area (Å²) in [6.45, 7) is 8.70. The molecule has 0 bridgehead atoms. The first-order chi connectivity index (χ1) is 15.0. The first-order valence-electron chi connectivity index (χ1n) is 11.2. The van der Waals surface area contributed by atoms with E-state index < -0.39 is 0 Å². The van der Waals surface area contributed by atoms with E-state index in [1.54, 1.807) is 20.3 Å². The van der Waals surface area contributed by atoms with Gasteiger partial charge < -0.3 is 23.8 Å². The molecule has 0 radical (unpaired) electrons. The Bertz CT molecular complexity index is 967. The largest absolute Gasteiger partial charge is 0.493 e. The second kappa shape index (κ2) is 9.18. The van der Waals surface area contributed by atoms with Gasteiger partial charge in [0.25, 0.3) is 0 Å². The van der Waals surface area contributed by atoms with Crippen LogP contribution in [-0.2, 0) is 11.3 Å². The van der Waals surface area contributed by atoms with Crippen LogP contribution in [0, 0.1) is 13.8 Å². The summed E-state index contributed by atoms with van der Waals surface area (Å²) in [6.07, 6.45) is 6.29. The van der Waals surface area contributed by atoms with Crippen LogP contribution in [0.4, 0.5) is 0 Å². The Morgan fingerprint density at radius 3 is 2.45 bits per heavy atom. The highest BCUT2D eigenvalue weighted by Crippen LogP contribution is 2.38. The average Bonchev–Trinajstić information content (AvgIpc) is 3.57. The molecule has 1 aromatic heterocycles. The molecule has 0 unspecified atom stereocenters. The van der Waals surface area contributed by atoms with Crippen LogP contribution in [0.5, 0.6) is 11.5 Å². The SMILES string of the molecule is COc1ccc(C[NH+]2CCN(C(=O)/C=C/c3cc(C)n(C4CC4)c3C)CC2)cc1OC. The molecular weight excluding hydrogens is 390 g/mol. The highest BCUT2D eigenvalue weighted by Gasteiger charge is 2.27. The number of nitrogens with zero attached hydrogens (tertiary/aromatic N) is 2. The molecule has 2 aliphatic rings. The number of benzene rings is 1. The Balaban J connectivity index is 1.31. The van der Waals surface area contributed by atoms with Gasteiger partial charge in [0.2, 0.25) is 5.91 Å². The standard InChI is InChI=1S/C25H33N3O3/c1-18-15-21(19(2)28(18)22-7-8-22)6-10-25(29)27-13-11-26(12-14-27)17-20-5-9-23(30-3)24(16-20)31-4/h5-6,9-10,15-16,22H,7-8,11-14,17H2,1-4H3/p+1/b10-6+. The average molecular weight is 425 g/mol. The van der Waals surface area contributed by atoms with Crippen LogP contribution in [0.1, 0.15) is 41.4 Å². The van der Waals surface area contributed by atoms with E-state index in [9.17, 15) is 4.79 Å². The summed E-state index contributed by atoms with van der Waals surface area (Å²) in [5.74, 6) is 1.63. The Morgan fingerprint density at radius 2 is 1.81 bits per heavy atom. The molecule has 1 saturated carbocycles. The van der Waals surface area contributed by atoms with Gasteiger partial charge in [-0.25, -0.2) is 0 Å². The minimum atomic E-state index is 0.112. The molecule has 1 aliphatic carbocycles. The lowest BCUT2D eigenvalue weighted by Crippen LogP contribution is -3.13. The van der Waals surface area contributed by atoms with Crippen molar-refractivity contribution in [1.82, 2.24) is 9.47 Å². The Labute approximate surface area is 185 Å².